The summed E-state index contributed by atoms with van der Waals surface area (Å²) >= 11 is 0. The molecule has 210 valence electrons. The molecule has 0 fully saturated rings. The number of ether oxygens (including phenoxy) is 1. The summed E-state index contributed by atoms with van der Waals surface area (Å²) in [5.41, 5.74) is 5.10. The van der Waals surface area contributed by atoms with E-state index >= 15 is 0 Å². The van der Waals surface area contributed by atoms with Crippen molar-refractivity contribution in [3.05, 3.63) is 28.3 Å². The molecule has 1 aromatic rings. The van der Waals surface area contributed by atoms with Crippen molar-refractivity contribution in [2.24, 2.45) is 5.73 Å². The Kier molecular flexibility index (Phi) is 13.1. The summed E-state index contributed by atoms with van der Waals surface area (Å²) in [5.74, 6) is -0.408. The van der Waals surface area contributed by atoms with Crippen molar-refractivity contribution < 1.29 is 38.1 Å². The second kappa shape index (κ2) is 13.7. The quantitative estimate of drug-likeness (QED) is 0.0833. The Hall–Kier alpha value is -3.87. The summed E-state index contributed by atoms with van der Waals surface area (Å²) < 4.78 is 20.1. The van der Waals surface area contributed by atoms with Crippen LogP contribution in [0.25, 0.3) is 0 Å². The van der Waals surface area contributed by atoms with E-state index in [1.807, 2.05) is 0 Å². The van der Waals surface area contributed by atoms with Gasteiger partial charge in [-0.25, -0.2) is 9.36 Å². The van der Waals surface area contributed by atoms with Crippen LogP contribution in [0.1, 0.15) is 20.8 Å². The van der Waals surface area contributed by atoms with Crippen molar-refractivity contribution in [3.8, 4) is 0 Å². The fourth-order valence-corrected chi connectivity index (χ4v) is 4.77. The second-order valence-corrected chi connectivity index (χ2v) is 11.2. The normalized spacial score (nSPS) is 12.0. The zero-order chi connectivity index (χ0) is 25.4. The summed E-state index contributed by atoms with van der Waals surface area (Å²) in [4.78, 5) is 53.9. The Morgan fingerprint density at radius 3 is 2.43 bits per heavy atom. The number of nitrogens with two attached hydrogens (primary N) is 1. The first-order valence-corrected chi connectivity index (χ1v) is 13.2. The summed E-state index contributed by atoms with van der Waals surface area (Å²) in [6.07, 6.45) is -0.691. The van der Waals surface area contributed by atoms with Crippen LogP contribution in [0.15, 0.2) is 23.1 Å². The molecular formula is C17H27Fm2N4O9PS2. The zero-order valence-electron chi connectivity index (χ0n) is 19.0. The van der Waals surface area contributed by atoms with Crippen LogP contribution in [0.3, 0.4) is 0 Å². The van der Waals surface area contributed by atoms with Crippen LogP contribution in [-0.4, -0.2) is 64.3 Å². The molecule has 1 atom stereocenters. The molecule has 0 spiro atoms. The summed E-state index contributed by atoms with van der Waals surface area (Å²) in [5, 5.41) is 13.6. The number of phosphoric acid groups is 1. The Morgan fingerprint density at radius 2 is 1.91 bits per heavy atom. The van der Waals surface area contributed by atoms with E-state index in [1.54, 1.807) is 20.8 Å². The molecule has 13 nitrogen and oxygen atoms in total. The van der Waals surface area contributed by atoms with E-state index in [0.717, 1.165) is 4.90 Å². The van der Waals surface area contributed by atoms with Gasteiger partial charge in [0, 0.05) is 36.4 Å². The van der Waals surface area contributed by atoms with Crippen molar-refractivity contribution in [3.63, 3.8) is 0 Å². The number of carbonyl (C=O) groups excluding carboxylic acids is 2. The monoisotopic (exact) mass is 1040 g/mol. The van der Waals surface area contributed by atoms with Gasteiger partial charge < -0.3 is 25.6 Å². The average molecular weight is 1040 g/mol. The van der Waals surface area contributed by atoms with Crippen molar-refractivity contribution in [2.75, 3.05) is 30.9 Å². The number of hydrogen-bond acceptors (Lipinski definition) is 10. The maximum absolute atomic E-state index is 12.4. The van der Waals surface area contributed by atoms with Gasteiger partial charge in [-0.1, -0.05) is 21.6 Å². The Bertz CT molecular complexity index is 918. The van der Waals surface area contributed by atoms with E-state index in [0.29, 0.717) is 4.90 Å². The van der Waals surface area contributed by atoms with Crippen LogP contribution in [0.4, 0.5) is 16.2 Å². The van der Waals surface area contributed by atoms with Gasteiger partial charge in [-0.15, -0.1) is 0 Å². The van der Waals surface area contributed by atoms with E-state index in [1.165, 1.54) is 46.8 Å². The molecule has 5 N–H and O–H groups in total. The van der Waals surface area contributed by atoms with Gasteiger partial charge in [-0.05, 0) is 26.8 Å². The number of carbonyl (C=O) groups is 2. The molecule has 1 unspecified atom stereocenters. The fourth-order valence-electron chi connectivity index (χ4n) is 2.10. The van der Waals surface area contributed by atoms with Crippen molar-refractivity contribution in [1.82, 2.24) is 5.32 Å². The smallest absolute Gasteiger partial charge is 0.443 e. The minimum atomic E-state index is -4.61. The van der Waals surface area contributed by atoms with Crippen LogP contribution in [0.2, 0.25) is 0 Å². The molecule has 18 heteroatoms. The Balaban J connectivity index is 0. The van der Waals surface area contributed by atoms with Gasteiger partial charge in [0.05, 0.1) is 23.3 Å². The molecule has 1 rings (SSSR count). The molecule has 0 aliphatic heterocycles. The number of phosphoric ester groups is 1. The third-order valence-corrected chi connectivity index (χ3v) is 6.53. The molecule has 0 heterocycles. The number of rotatable bonds is 11. The fraction of sp³-hybridized carbons (Fsp3) is 0.529. The maximum atomic E-state index is 12.4. The predicted molar refractivity (Wildman–Crippen MR) is 125 cm³/mol. The molecule has 0 radical (unpaired) electrons. The Labute approximate surface area is 198 Å². The van der Waals surface area contributed by atoms with Gasteiger partial charge >= 0.3 is 13.9 Å². The molecule has 0 saturated carbocycles. The van der Waals surface area contributed by atoms with E-state index < -0.39 is 36.4 Å². The molecule has 0 aliphatic rings. The predicted octanol–water partition coefficient (Wildman–Crippen LogP) is 2.26. The number of hydrogen-bond donors (Lipinski definition) is 4. The minimum absolute atomic E-state index is 0. The number of nitrogens with one attached hydrogen (secondary N) is 1. The molecular weight excluding hydrogens is 1010 g/mol. The molecule has 1 aromatic carbocycles. The van der Waals surface area contributed by atoms with Crippen molar-refractivity contribution in [1.29, 1.82) is 0 Å². The molecule has 2 amide bonds. The standard InChI is InChI=1S/C17H27N4O9PS2.2Fm/c1-17(2,3)30-16(23)20(4)13-9-11(21(24)25)5-6-14(13)33-32-10-12(18)15(22)19-7-8-29-31(26,27)28;;/h5-6,9,12H,7-8,10,18H2,1-4H3,(H,19,22)(H2,26,27,28);;. The first kappa shape index (κ1) is 33.3. The number of amides is 2. The minimum Gasteiger partial charge on any atom is -0.443 e. The van der Waals surface area contributed by atoms with Crippen molar-refractivity contribution >= 4 is 52.8 Å². The zero-order valence-corrected chi connectivity index (χ0v) is 26.3. The number of nitrogens with zero attached hydrogens (tertiary/aromatic N) is 2. The van der Waals surface area contributed by atoms with Gasteiger partial charge in [-0.3, -0.25) is 24.3 Å². The van der Waals surface area contributed by atoms with Gasteiger partial charge in [0.15, 0.2) is 0 Å². The van der Waals surface area contributed by atoms with Crippen LogP contribution < -0.4 is 16.0 Å². The topological polar surface area (TPSA) is 195 Å². The summed E-state index contributed by atoms with van der Waals surface area (Å²) in [7, 11) is -0.832. The third-order valence-electron chi connectivity index (χ3n) is 3.58. The molecule has 0 bridgehead atoms. The molecule has 35 heavy (non-hydrogen) atoms. The SMILES string of the molecule is CN(C(=O)OC(C)(C)C)c1cc([N+](=O)[O-])ccc1SSCC(N)C(=O)NCCOP(=O)(O)O.[Fm].[Fm]. The number of benzene rings is 1. The largest absolute Gasteiger partial charge is 0.469 e. The first-order valence-electron chi connectivity index (χ1n) is 9.38. The molecule has 0 aliphatic carbocycles. The summed E-state index contributed by atoms with van der Waals surface area (Å²) in [6, 6.07) is 3.09. The van der Waals surface area contributed by atoms with E-state index in [9.17, 15) is 24.3 Å². The summed E-state index contributed by atoms with van der Waals surface area (Å²) in [6.45, 7) is 4.57. The van der Waals surface area contributed by atoms with Crippen LogP contribution >= 0.6 is 29.4 Å². The number of nitro benzene ring substituents is 1. The van der Waals surface area contributed by atoms with E-state index in [2.05, 4.69) is 9.84 Å². The van der Waals surface area contributed by atoms with E-state index in [4.69, 9.17) is 20.3 Å². The van der Waals surface area contributed by atoms with Gasteiger partial charge in [0.2, 0.25) is 5.91 Å². The molecule has 0 saturated heterocycles. The second-order valence-electron chi connectivity index (χ2n) is 7.54. The number of anilines is 1. The average Bonchev–Trinajstić information content (AvgIpc) is 2.68. The third kappa shape index (κ3) is 12.2. The Morgan fingerprint density at radius 1 is 1.31 bits per heavy atom. The number of non-ortho nitro benzene ring substituents is 1. The number of nitro groups is 1. The maximum Gasteiger partial charge on any atom is 0.469 e. The van der Waals surface area contributed by atoms with Gasteiger partial charge in [-0.2, -0.15) is 0 Å². The van der Waals surface area contributed by atoms with Crippen LogP contribution in [0.5, 0.6) is 0 Å². The van der Waals surface area contributed by atoms with Crippen LogP contribution in [-0.2, 0) is 18.6 Å². The first-order chi connectivity index (χ1) is 15.1. The van der Waals surface area contributed by atoms with Gasteiger partial charge in [0.1, 0.15) is 5.60 Å². The van der Waals surface area contributed by atoms with Crippen LogP contribution in [0, 0.1) is 10.1 Å². The van der Waals surface area contributed by atoms with Gasteiger partial charge in [0.25, 0.3) is 5.69 Å². The van der Waals surface area contributed by atoms with E-state index in [-0.39, 0.29) is 30.3 Å². The van der Waals surface area contributed by atoms with Crippen molar-refractivity contribution in [2.45, 2.75) is 37.3 Å². The molecule has 0 aromatic heterocycles.